The third kappa shape index (κ3) is 0.847. The van der Waals surface area contributed by atoms with Gasteiger partial charge in [0, 0.05) is 5.56 Å². The third-order valence-corrected chi connectivity index (χ3v) is 2.54. The molecule has 1 aromatic rings. The van der Waals surface area contributed by atoms with Gasteiger partial charge in [-0.1, -0.05) is 18.2 Å². The number of hydrogen-bond acceptors (Lipinski definition) is 2. The molecule has 0 aromatic heterocycles. The van der Waals surface area contributed by atoms with Gasteiger partial charge in [-0.05, 0) is 6.07 Å². The Morgan fingerprint density at radius 2 is 2.00 bits per heavy atom. The van der Waals surface area contributed by atoms with Crippen molar-refractivity contribution >= 4 is 0 Å². The van der Waals surface area contributed by atoms with Crippen molar-refractivity contribution < 1.29 is 9.47 Å². The molecule has 0 aliphatic carbocycles. The summed E-state index contributed by atoms with van der Waals surface area (Å²) in [6, 6.07) is 8.23. The molecular formula is C10H10O2. The molecule has 0 bridgehead atoms. The lowest BCUT2D eigenvalue weighted by Gasteiger charge is -2.01. The monoisotopic (exact) mass is 162 g/mol. The number of epoxide rings is 1. The van der Waals surface area contributed by atoms with Gasteiger partial charge < -0.3 is 9.47 Å². The molecule has 0 saturated carbocycles. The lowest BCUT2D eigenvalue weighted by Crippen LogP contribution is -2.07. The van der Waals surface area contributed by atoms with Crippen molar-refractivity contribution in [3.8, 4) is 5.75 Å². The summed E-state index contributed by atoms with van der Waals surface area (Å²) in [5, 5.41) is 0. The second-order valence-corrected chi connectivity index (χ2v) is 3.33. The minimum Gasteiger partial charge on any atom is -0.493 e. The lowest BCUT2D eigenvalue weighted by atomic mass is 9.99. The summed E-state index contributed by atoms with van der Waals surface area (Å²) >= 11 is 0. The Labute approximate surface area is 71.1 Å². The normalized spacial score (nSPS) is 31.0. The van der Waals surface area contributed by atoms with Crippen LogP contribution in [0.3, 0.4) is 0 Å². The first-order valence-corrected chi connectivity index (χ1v) is 4.28. The zero-order valence-corrected chi connectivity index (χ0v) is 6.69. The molecule has 2 heteroatoms. The Hall–Kier alpha value is -1.02. The van der Waals surface area contributed by atoms with Crippen molar-refractivity contribution in [2.75, 3.05) is 13.2 Å². The SMILES string of the molecule is c1ccc2c(c1)OC[C@@H]2[C@H]1CO1. The first kappa shape index (κ1) is 6.49. The van der Waals surface area contributed by atoms with E-state index in [0.29, 0.717) is 12.0 Å². The fourth-order valence-corrected chi connectivity index (χ4v) is 1.78. The Morgan fingerprint density at radius 3 is 2.83 bits per heavy atom. The second-order valence-electron chi connectivity index (χ2n) is 3.33. The average molecular weight is 162 g/mol. The van der Waals surface area contributed by atoms with Crippen LogP contribution in [-0.2, 0) is 4.74 Å². The van der Waals surface area contributed by atoms with Crippen LogP contribution >= 0.6 is 0 Å². The minimum absolute atomic E-state index is 0.425. The van der Waals surface area contributed by atoms with Gasteiger partial charge >= 0.3 is 0 Å². The number of benzene rings is 1. The molecule has 2 aliphatic heterocycles. The lowest BCUT2D eigenvalue weighted by molar-refractivity contribution is 0.293. The largest absolute Gasteiger partial charge is 0.493 e. The van der Waals surface area contributed by atoms with Gasteiger partial charge in [0.25, 0.3) is 0 Å². The predicted molar refractivity (Wildman–Crippen MR) is 44.4 cm³/mol. The van der Waals surface area contributed by atoms with Crippen molar-refractivity contribution in [3.05, 3.63) is 29.8 Å². The van der Waals surface area contributed by atoms with Crippen LogP contribution < -0.4 is 4.74 Å². The van der Waals surface area contributed by atoms with E-state index in [-0.39, 0.29) is 0 Å². The van der Waals surface area contributed by atoms with Gasteiger partial charge in [0.2, 0.25) is 0 Å². The standard InChI is InChI=1S/C10H10O2/c1-2-4-9-7(3-1)8(5-11-9)10-6-12-10/h1-4,8,10H,5-6H2/t8-,10+/m0/s1. The van der Waals surface area contributed by atoms with Crippen molar-refractivity contribution in [1.29, 1.82) is 0 Å². The second kappa shape index (κ2) is 2.23. The molecule has 0 N–H and O–H groups in total. The van der Waals surface area contributed by atoms with Crippen molar-refractivity contribution in [2.45, 2.75) is 12.0 Å². The van der Waals surface area contributed by atoms with E-state index < -0.39 is 0 Å². The molecule has 62 valence electrons. The van der Waals surface area contributed by atoms with Crippen LogP contribution in [0.15, 0.2) is 24.3 Å². The first-order valence-electron chi connectivity index (χ1n) is 4.28. The van der Waals surface area contributed by atoms with Crippen LogP contribution in [0.2, 0.25) is 0 Å². The predicted octanol–water partition coefficient (Wildman–Crippen LogP) is 1.56. The highest BCUT2D eigenvalue weighted by atomic mass is 16.6. The van der Waals surface area contributed by atoms with Gasteiger partial charge in [0.1, 0.15) is 5.75 Å². The molecular weight excluding hydrogens is 152 g/mol. The Bertz CT molecular complexity index is 304. The Morgan fingerprint density at radius 1 is 1.17 bits per heavy atom. The molecule has 0 spiro atoms. The molecule has 2 heterocycles. The summed E-state index contributed by atoms with van der Waals surface area (Å²) in [5.74, 6) is 1.53. The molecule has 0 amide bonds. The summed E-state index contributed by atoms with van der Waals surface area (Å²) < 4.78 is 10.8. The van der Waals surface area contributed by atoms with Crippen molar-refractivity contribution in [3.63, 3.8) is 0 Å². The highest BCUT2D eigenvalue weighted by molar-refractivity contribution is 5.40. The van der Waals surface area contributed by atoms with Gasteiger partial charge in [0.05, 0.1) is 25.2 Å². The Kier molecular flexibility index (Phi) is 1.21. The fraction of sp³-hybridized carbons (Fsp3) is 0.400. The quantitative estimate of drug-likeness (QED) is 0.584. The number of rotatable bonds is 1. The topological polar surface area (TPSA) is 21.8 Å². The third-order valence-electron chi connectivity index (χ3n) is 2.54. The highest BCUT2D eigenvalue weighted by Crippen LogP contribution is 2.40. The number of para-hydroxylation sites is 1. The molecule has 2 atom stereocenters. The van der Waals surface area contributed by atoms with Crippen molar-refractivity contribution in [1.82, 2.24) is 0 Å². The summed E-state index contributed by atoms with van der Waals surface area (Å²) in [7, 11) is 0. The van der Waals surface area contributed by atoms with E-state index in [2.05, 4.69) is 12.1 Å². The average Bonchev–Trinajstić information content (AvgIpc) is 2.86. The number of hydrogen-bond donors (Lipinski definition) is 0. The van der Waals surface area contributed by atoms with E-state index in [4.69, 9.17) is 9.47 Å². The highest BCUT2D eigenvalue weighted by Gasteiger charge is 2.38. The van der Waals surface area contributed by atoms with Gasteiger partial charge in [-0.3, -0.25) is 0 Å². The zero-order chi connectivity index (χ0) is 7.97. The molecule has 1 fully saturated rings. The molecule has 0 unspecified atom stereocenters. The van der Waals surface area contributed by atoms with Crippen LogP contribution in [0.5, 0.6) is 5.75 Å². The maximum atomic E-state index is 5.53. The van der Waals surface area contributed by atoms with Gasteiger partial charge in [0.15, 0.2) is 0 Å². The van der Waals surface area contributed by atoms with Gasteiger partial charge in [-0.2, -0.15) is 0 Å². The summed E-state index contributed by atoms with van der Waals surface area (Å²) in [5.41, 5.74) is 1.32. The van der Waals surface area contributed by atoms with E-state index in [1.165, 1.54) is 5.56 Å². The van der Waals surface area contributed by atoms with Crippen LogP contribution in [0, 0.1) is 0 Å². The maximum absolute atomic E-state index is 5.53. The molecule has 1 saturated heterocycles. The van der Waals surface area contributed by atoms with Crippen LogP contribution in [0.1, 0.15) is 11.5 Å². The molecule has 3 rings (SSSR count). The van der Waals surface area contributed by atoms with E-state index in [1.54, 1.807) is 0 Å². The van der Waals surface area contributed by atoms with E-state index >= 15 is 0 Å². The number of ether oxygens (including phenoxy) is 2. The molecule has 2 nitrogen and oxygen atoms in total. The first-order chi connectivity index (χ1) is 5.95. The minimum atomic E-state index is 0.425. The smallest absolute Gasteiger partial charge is 0.123 e. The number of fused-ring (bicyclic) bond motifs is 1. The van der Waals surface area contributed by atoms with Crippen molar-refractivity contribution in [2.24, 2.45) is 0 Å². The van der Waals surface area contributed by atoms with Gasteiger partial charge in [-0.15, -0.1) is 0 Å². The van der Waals surface area contributed by atoms with Crippen LogP contribution in [0.25, 0.3) is 0 Å². The summed E-state index contributed by atoms with van der Waals surface area (Å²) in [6.07, 6.45) is 0.425. The molecule has 12 heavy (non-hydrogen) atoms. The van der Waals surface area contributed by atoms with Crippen LogP contribution in [-0.4, -0.2) is 19.3 Å². The van der Waals surface area contributed by atoms with E-state index in [9.17, 15) is 0 Å². The van der Waals surface area contributed by atoms with E-state index in [0.717, 1.165) is 19.0 Å². The van der Waals surface area contributed by atoms with Gasteiger partial charge in [-0.25, -0.2) is 0 Å². The zero-order valence-electron chi connectivity index (χ0n) is 6.69. The fourth-order valence-electron chi connectivity index (χ4n) is 1.78. The van der Waals surface area contributed by atoms with E-state index in [1.807, 2.05) is 12.1 Å². The summed E-state index contributed by atoms with van der Waals surface area (Å²) in [6.45, 7) is 1.70. The summed E-state index contributed by atoms with van der Waals surface area (Å²) in [4.78, 5) is 0. The Balaban J connectivity index is 2.01. The maximum Gasteiger partial charge on any atom is 0.123 e. The molecule has 0 radical (unpaired) electrons. The molecule has 2 aliphatic rings. The molecule has 1 aromatic carbocycles. The van der Waals surface area contributed by atoms with Crippen LogP contribution in [0.4, 0.5) is 0 Å².